The zero-order valence-corrected chi connectivity index (χ0v) is 10.1. The van der Waals surface area contributed by atoms with Crippen molar-refractivity contribution in [3.05, 3.63) is 0 Å². The van der Waals surface area contributed by atoms with E-state index in [0.717, 1.165) is 12.8 Å². The molecule has 0 aromatic carbocycles. The van der Waals surface area contributed by atoms with Gasteiger partial charge in [0.05, 0.1) is 5.60 Å². The first-order valence-electron chi connectivity index (χ1n) is 6.35. The van der Waals surface area contributed by atoms with Crippen molar-refractivity contribution >= 4 is 5.91 Å². The highest BCUT2D eigenvalue weighted by Gasteiger charge is 2.31. The molecule has 2 aliphatic heterocycles. The Morgan fingerprint density at radius 3 is 2.41 bits per heavy atom. The molecule has 2 saturated heterocycles. The van der Waals surface area contributed by atoms with E-state index in [4.69, 9.17) is 9.47 Å². The summed E-state index contributed by atoms with van der Waals surface area (Å²) in [6.45, 7) is 2.81. The van der Waals surface area contributed by atoms with Crippen LogP contribution in [0.3, 0.4) is 0 Å². The third-order valence-electron chi connectivity index (χ3n) is 3.61. The minimum Gasteiger partial charge on any atom is -0.388 e. The molecule has 0 aromatic heterocycles. The molecular weight excluding hydrogens is 222 g/mol. The fourth-order valence-electron chi connectivity index (χ4n) is 2.28. The van der Waals surface area contributed by atoms with Gasteiger partial charge in [0.15, 0.2) is 0 Å². The zero-order chi connectivity index (χ0) is 12.1. The molecule has 2 heterocycles. The number of aliphatic hydroxyl groups is 1. The fourth-order valence-corrected chi connectivity index (χ4v) is 2.28. The fraction of sp³-hybridized carbons (Fsp3) is 0.917. The van der Waals surface area contributed by atoms with E-state index in [-0.39, 0.29) is 11.8 Å². The van der Waals surface area contributed by atoms with Crippen LogP contribution in [0.15, 0.2) is 0 Å². The molecule has 0 saturated carbocycles. The summed E-state index contributed by atoms with van der Waals surface area (Å²) in [7, 11) is 0. The maximum atomic E-state index is 11.9. The third kappa shape index (κ3) is 3.66. The number of amides is 1. The van der Waals surface area contributed by atoms with Crippen molar-refractivity contribution in [3.63, 3.8) is 0 Å². The number of hydrogen-bond donors (Lipinski definition) is 2. The molecular formula is C12H21NO4. The number of nitrogens with one attached hydrogen (secondary N) is 1. The van der Waals surface area contributed by atoms with Crippen molar-refractivity contribution < 1.29 is 19.4 Å². The summed E-state index contributed by atoms with van der Waals surface area (Å²) in [5.41, 5.74) is -0.779. The van der Waals surface area contributed by atoms with E-state index >= 15 is 0 Å². The average Bonchev–Trinajstić information content (AvgIpc) is 2.38. The molecule has 2 aliphatic rings. The Morgan fingerprint density at radius 2 is 1.76 bits per heavy atom. The molecule has 17 heavy (non-hydrogen) atoms. The van der Waals surface area contributed by atoms with Gasteiger partial charge in [0.2, 0.25) is 5.91 Å². The van der Waals surface area contributed by atoms with Crippen LogP contribution in [0.5, 0.6) is 0 Å². The Hall–Kier alpha value is -0.650. The predicted octanol–water partition coefficient (Wildman–Crippen LogP) is 0.0707. The van der Waals surface area contributed by atoms with Gasteiger partial charge >= 0.3 is 0 Å². The smallest absolute Gasteiger partial charge is 0.223 e. The van der Waals surface area contributed by atoms with Gasteiger partial charge in [-0.3, -0.25) is 4.79 Å². The lowest BCUT2D eigenvalue weighted by molar-refractivity contribution is -0.130. The molecule has 2 fully saturated rings. The van der Waals surface area contributed by atoms with Crippen LogP contribution in [0.25, 0.3) is 0 Å². The van der Waals surface area contributed by atoms with Crippen LogP contribution in [-0.2, 0) is 14.3 Å². The molecule has 5 heteroatoms. The van der Waals surface area contributed by atoms with E-state index in [1.807, 2.05) is 0 Å². The van der Waals surface area contributed by atoms with Crippen molar-refractivity contribution in [1.82, 2.24) is 5.32 Å². The minimum atomic E-state index is -0.779. The Bertz CT molecular complexity index is 257. The van der Waals surface area contributed by atoms with E-state index < -0.39 is 5.60 Å². The molecule has 0 radical (unpaired) electrons. The van der Waals surface area contributed by atoms with Gasteiger partial charge in [0.1, 0.15) is 0 Å². The lowest BCUT2D eigenvalue weighted by atomic mass is 9.93. The lowest BCUT2D eigenvalue weighted by Crippen LogP contribution is -2.48. The van der Waals surface area contributed by atoms with Crippen molar-refractivity contribution in [2.75, 3.05) is 33.0 Å². The van der Waals surface area contributed by atoms with Crippen molar-refractivity contribution in [3.8, 4) is 0 Å². The highest BCUT2D eigenvalue weighted by Crippen LogP contribution is 2.20. The van der Waals surface area contributed by atoms with Gasteiger partial charge in [-0.25, -0.2) is 0 Å². The van der Waals surface area contributed by atoms with Gasteiger partial charge in [-0.15, -0.1) is 0 Å². The van der Waals surface area contributed by atoms with Crippen LogP contribution in [0, 0.1) is 5.92 Å². The van der Waals surface area contributed by atoms with Gasteiger partial charge in [0.25, 0.3) is 0 Å². The van der Waals surface area contributed by atoms with Crippen molar-refractivity contribution in [2.45, 2.75) is 31.3 Å². The van der Waals surface area contributed by atoms with Crippen LogP contribution in [0.2, 0.25) is 0 Å². The molecule has 98 valence electrons. The van der Waals surface area contributed by atoms with Gasteiger partial charge in [0, 0.05) is 51.7 Å². The van der Waals surface area contributed by atoms with E-state index in [1.165, 1.54) is 0 Å². The zero-order valence-electron chi connectivity index (χ0n) is 10.1. The molecule has 0 aromatic rings. The summed E-state index contributed by atoms with van der Waals surface area (Å²) in [4.78, 5) is 11.9. The van der Waals surface area contributed by atoms with Crippen molar-refractivity contribution in [1.29, 1.82) is 0 Å². The molecule has 0 spiro atoms. The summed E-state index contributed by atoms with van der Waals surface area (Å²) in [6, 6.07) is 0. The first kappa shape index (κ1) is 12.8. The molecule has 1 amide bonds. The van der Waals surface area contributed by atoms with Crippen LogP contribution in [-0.4, -0.2) is 49.6 Å². The summed E-state index contributed by atoms with van der Waals surface area (Å²) in [6.07, 6.45) is 2.77. The Balaban J connectivity index is 1.74. The van der Waals surface area contributed by atoms with Gasteiger partial charge in [-0.2, -0.15) is 0 Å². The second kappa shape index (κ2) is 5.80. The second-order valence-corrected chi connectivity index (χ2v) is 4.94. The Morgan fingerprint density at radius 1 is 1.18 bits per heavy atom. The summed E-state index contributed by atoms with van der Waals surface area (Å²) in [5, 5.41) is 13.1. The van der Waals surface area contributed by atoms with E-state index in [2.05, 4.69) is 5.32 Å². The third-order valence-corrected chi connectivity index (χ3v) is 3.61. The minimum absolute atomic E-state index is 0.0483. The molecule has 2 N–H and O–H groups in total. The normalized spacial score (nSPS) is 25.5. The first-order chi connectivity index (χ1) is 8.20. The van der Waals surface area contributed by atoms with E-state index in [9.17, 15) is 9.90 Å². The van der Waals surface area contributed by atoms with Gasteiger partial charge in [-0.05, 0) is 12.8 Å². The molecule has 0 aliphatic carbocycles. The second-order valence-electron chi connectivity index (χ2n) is 4.94. The van der Waals surface area contributed by atoms with Gasteiger partial charge in [-0.1, -0.05) is 0 Å². The van der Waals surface area contributed by atoms with E-state index in [1.54, 1.807) is 0 Å². The monoisotopic (exact) mass is 243 g/mol. The molecule has 0 atom stereocenters. The molecule has 2 rings (SSSR count). The van der Waals surface area contributed by atoms with Crippen molar-refractivity contribution in [2.24, 2.45) is 5.92 Å². The van der Waals surface area contributed by atoms with Gasteiger partial charge < -0.3 is 19.9 Å². The maximum Gasteiger partial charge on any atom is 0.223 e. The lowest BCUT2D eigenvalue weighted by Gasteiger charge is -2.32. The predicted molar refractivity (Wildman–Crippen MR) is 61.6 cm³/mol. The van der Waals surface area contributed by atoms with Crippen LogP contribution in [0.4, 0.5) is 0 Å². The Kier molecular flexibility index (Phi) is 4.36. The van der Waals surface area contributed by atoms with Crippen LogP contribution in [0.1, 0.15) is 25.7 Å². The standard InChI is InChI=1S/C12H21NO4/c14-11(10-1-5-16-6-2-10)13-9-12(15)3-7-17-8-4-12/h10,15H,1-9H2,(H,13,14). The number of ether oxygens (including phenoxy) is 2. The highest BCUT2D eigenvalue weighted by molar-refractivity contribution is 5.78. The average molecular weight is 243 g/mol. The topological polar surface area (TPSA) is 67.8 Å². The quantitative estimate of drug-likeness (QED) is 0.736. The Labute approximate surface area is 101 Å². The molecule has 0 unspecified atom stereocenters. The number of hydrogen-bond acceptors (Lipinski definition) is 4. The number of carbonyl (C=O) groups is 1. The first-order valence-corrected chi connectivity index (χ1v) is 6.35. The molecule has 5 nitrogen and oxygen atoms in total. The van der Waals surface area contributed by atoms with Crippen LogP contribution < -0.4 is 5.32 Å². The molecule has 0 bridgehead atoms. The SMILES string of the molecule is O=C(NCC1(O)CCOCC1)C1CCOCC1. The van der Waals surface area contributed by atoms with E-state index in [0.29, 0.717) is 45.8 Å². The van der Waals surface area contributed by atoms with Crippen LogP contribution >= 0.6 is 0 Å². The largest absolute Gasteiger partial charge is 0.388 e. The summed E-state index contributed by atoms with van der Waals surface area (Å²) in [5.74, 6) is 0.0976. The maximum absolute atomic E-state index is 11.9. The highest BCUT2D eigenvalue weighted by atomic mass is 16.5. The number of carbonyl (C=O) groups excluding carboxylic acids is 1. The summed E-state index contributed by atoms with van der Waals surface area (Å²) >= 11 is 0. The number of rotatable bonds is 3. The summed E-state index contributed by atoms with van der Waals surface area (Å²) < 4.78 is 10.4.